The van der Waals surface area contributed by atoms with E-state index < -0.39 is 5.82 Å². The molecule has 33 heavy (non-hydrogen) atoms. The van der Waals surface area contributed by atoms with E-state index in [-0.39, 0.29) is 11.8 Å². The summed E-state index contributed by atoms with van der Waals surface area (Å²) in [5, 5.41) is 8.15. The maximum absolute atomic E-state index is 15.1. The van der Waals surface area contributed by atoms with Crippen LogP contribution in [0.3, 0.4) is 0 Å². The quantitative estimate of drug-likeness (QED) is 0.479. The van der Waals surface area contributed by atoms with Crippen molar-refractivity contribution in [3.63, 3.8) is 0 Å². The van der Waals surface area contributed by atoms with Crippen molar-refractivity contribution in [3.8, 4) is 11.8 Å². The Hall–Kier alpha value is -3.66. The van der Waals surface area contributed by atoms with Crippen molar-refractivity contribution in [2.45, 2.75) is 13.8 Å². The van der Waals surface area contributed by atoms with Gasteiger partial charge in [0.05, 0.1) is 0 Å². The van der Waals surface area contributed by atoms with Crippen molar-refractivity contribution in [2.24, 2.45) is 7.05 Å². The number of piperazine rings is 1. The van der Waals surface area contributed by atoms with Gasteiger partial charge >= 0.3 is 6.01 Å². The van der Waals surface area contributed by atoms with Crippen LogP contribution in [-0.4, -0.2) is 62.9 Å². The van der Waals surface area contributed by atoms with E-state index in [1.165, 1.54) is 0 Å². The van der Waals surface area contributed by atoms with Gasteiger partial charge in [0.2, 0.25) is 0 Å². The Balaban J connectivity index is 1.50. The van der Waals surface area contributed by atoms with E-state index in [4.69, 9.17) is 4.74 Å². The maximum atomic E-state index is 15.1. The summed E-state index contributed by atoms with van der Waals surface area (Å²) < 4.78 is 22.8. The number of aromatic amines is 1. The highest BCUT2D eigenvalue weighted by atomic mass is 19.1. The van der Waals surface area contributed by atoms with Crippen LogP contribution in [0.5, 0.6) is 11.8 Å². The second kappa shape index (κ2) is 8.36. The number of aromatic nitrogens is 5. The molecular weight excluding hydrogens is 423 g/mol. The lowest BCUT2D eigenvalue weighted by Gasteiger charge is -2.33. The minimum Gasteiger partial charge on any atom is -0.421 e. The SMILES string of the molecule is Cc1cc2c(F)c(Oc3nc(Nc4cc(C)n(C)n4)cc(N4CCN(C)CC4)n3)ccc2[nH]1. The third kappa shape index (κ3) is 4.34. The third-order valence-electron chi connectivity index (χ3n) is 5.93. The van der Waals surface area contributed by atoms with Gasteiger partial charge in [-0.1, -0.05) is 0 Å². The highest BCUT2D eigenvalue weighted by Crippen LogP contribution is 2.31. The summed E-state index contributed by atoms with van der Waals surface area (Å²) in [6.07, 6.45) is 0. The molecule has 1 fully saturated rings. The minimum atomic E-state index is -0.444. The van der Waals surface area contributed by atoms with Gasteiger partial charge in [-0.2, -0.15) is 15.1 Å². The van der Waals surface area contributed by atoms with Crippen LogP contribution in [0.4, 0.5) is 21.8 Å². The van der Waals surface area contributed by atoms with E-state index >= 15 is 4.39 Å². The van der Waals surface area contributed by atoms with Gasteiger partial charge in [-0.15, -0.1) is 0 Å². The van der Waals surface area contributed by atoms with Crippen molar-refractivity contribution in [2.75, 3.05) is 43.4 Å². The minimum absolute atomic E-state index is 0.0760. The van der Waals surface area contributed by atoms with Gasteiger partial charge in [-0.05, 0) is 39.1 Å². The second-order valence-electron chi connectivity index (χ2n) is 8.50. The van der Waals surface area contributed by atoms with Crippen LogP contribution < -0.4 is 15.0 Å². The number of fused-ring (bicyclic) bond motifs is 1. The van der Waals surface area contributed by atoms with Gasteiger partial charge < -0.3 is 24.8 Å². The number of rotatable bonds is 5. The fourth-order valence-electron chi connectivity index (χ4n) is 3.94. The number of aryl methyl sites for hydroxylation is 3. The number of anilines is 3. The zero-order valence-electron chi connectivity index (χ0n) is 19.2. The van der Waals surface area contributed by atoms with Crippen LogP contribution in [0.2, 0.25) is 0 Å². The molecule has 5 rings (SSSR count). The number of nitrogens with zero attached hydrogens (tertiary/aromatic N) is 6. The molecule has 0 spiro atoms. The maximum Gasteiger partial charge on any atom is 0.326 e. The monoisotopic (exact) mass is 450 g/mol. The molecule has 0 saturated carbocycles. The first-order chi connectivity index (χ1) is 15.9. The van der Waals surface area contributed by atoms with Crippen molar-refractivity contribution in [1.29, 1.82) is 0 Å². The van der Waals surface area contributed by atoms with Gasteiger partial charge in [-0.25, -0.2) is 4.39 Å². The highest BCUT2D eigenvalue weighted by Gasteiger charge is 2.19. The number of hydrogen-bond donors (Lipinski definition) is 2. The molecule has 1 saturated heterocycles. The molecule has 4 aromatic rings. The third-order valence-corrected chi connectivity index (χ3v) is 5.93. The summed E-state index contributed by atoms with van der Waals surface area (Å²) in [7, 11) is 3.98. The summed E-state index contributed by atoms with van der Waals surface area (Å²) in [6.45, 7) is 7.39. The molecule has 0 aliphatic carbocycles. The molecule has 2 N–H and O–H groups in total. The van der Waals surface area contributed by atoms with Crippen molar-refractivity contribution in [3.05, 3.63) is 47.5 Å². The van der Waals surface area contributed by atoms with E-state index in [1.54, 1.807) is 22.9 Å². The lowest BCUT2D eigenvalue weighted by molar-refractivity contribution is 0.311. The predicted molar refractivity (Wildman–Crippen MR) is 126 cm³/mol. The Morgan fingerprint density at radius 1 is 1.00 bits per heavy atom. The molecule has 172 valence electrons. The average molecular weight is 451 g/mol. The molecule has 1 aliphatic heterocycles. The zero-order valence-corrected chi connectivity index (χ0v) is 19.2. The Morgan fingerprint density at radius 3 is 2.52 bits per heavy atom. The van der Waals surface area contributed by atoms with E-state index in [9.17, 15) is 0 Å². The standard InChI is InChI=1S/C23H27FN8O/c1-14-11-16-17(25-14)5-6-18(22(16)24)33-23-27-19(26-20-12-15(2)31(4)29-20)13-21(28-23)32-9-7-30(3)8-10-32/h5-6,11-13,25H,7-10H2,1-4H3,(H,26,27,28,29). The van der Waals surface area contributed by atoms with Gasteiger partial charge in [-0.3, -0.25) is 4.68 Å². The second-order valence-corrected chi connectivity index (χ2v) is 8.50. The topological polar surface area (TPSA) is 87.1 Å². The lowest BCUT2D eigenvalue weighted by atomic mass is 10.2. The summed E-state index contributed by atoms with van der Waals surface area (Å²) >= 11 is 0. The fraction of sp³-hybridized carbons (Fsp3) is 0.348. The lowest BCUT2D eigenvalue weighted by Crippen LogP contribution is -2.44. The van der Waals surface area contributed by atoms with Gasteiger partial charge in [0.25, 0.3) is 0 Å². The molecule has 0 unspecified atom stereocenters. The van der Waals surface area contributed by atoms with Crippen LogP contribution in [-0.2, 0) is 7.05 Å². The van der Waals surface area contributed by atoms with Gasteiger partial charge in [0, 0.05) is 67.7 Å². The predicted octanol–water partition coefficient (Wildman–Crippen LogP) is 3.74. The summed E-state index contributed by atoms with van der Waals surface area (Å²) in [6, 6.07) is 9.02. The molecule has 0 amide bonds. The largest absolute Gasteiger partial charge is 0.421 e. The zero-order chi connectivity index (χ0) is 23.1. The Bertz CT molecular complexity index is 1290. The number of benzene rings is 1. The first kappa shape index (κ1) is 21.2. The van der Waals surface area contributed by atoms with E-state index in [2.05, 4.69) is 42.2 Å². The van der Waals surface area contributed by atoms with E-state index in [0.29, 0.717) is 17.0 Å². The van der Waals surface area contributed by atoms with Crippen LogP contribution in [0.1, 0.15) is 11.4 Å². The molecular formula is C23H27FN8O. The normalized spacial score (nSPS) is 14.8. The van der Waals surface area contributed by atoms with E-state index in [1.807, 2.05) is 33.0 Å². The molecule has 4 heterocycles. The number of nitrogens with one attached hydrogen (secondary N) is 2. The van der Waals surface area contributed by atoms with Gasteiger partial charge in [0.1, 0.15) is 11.6 Å². The molecule has 0 radical (unpaired) electrons. The number of hydrogen-bond acceptors (Lipinski definition) is 7. The molecule has 0 atom stereocenters. The van der Waals surface area contributed by atoms with E-state index in [0.717, 1.165) is 48.9 Å². The number of likely N-dealkylation sites (N-methyl/N-ethyl adjacent to an activating group) is 1. The van der Waals surface area contributed by atoms with Gasteiger partial charge in [0.15, 0.2) is 17.4 Å². The first-order valence-corrected chi connectivity index (χ1v) is 10.9. The summed E-state index contributed by atoms with van der Waals surface area (Å²) in [4.78, 5) is 16.7. The molecule has 3 aromatic heterocycles. The molecule has 9 nitrogen and oxygen atoms in total. The molecule has 1 aliphatic rings. The van der Waals surface area contributed by atoms with Crippen molar-refractivity contribution < 1.29 is 9.13 Å². The Morgan fingerprint density at radius 2 is 1.79 bits per heavy atom. The highest BCUT2D eigenvalue weighted by molar-refractivity contribution is 5.82. The molecule has 10 heteroatoms. The van der Waals surface area contributed by atoms with Crippen molar-refractivity contribution >= 4 is 28.4 Å². The fourth-order valence-corrected chi connectivity index (χ4v) is 3.94. The Labute approximate surface area is 191 Å². The average Bonchev–Trinajstić information content (AvgIpc) is 3.31. The molecule has 1 aromatic carbocycles. The first-order valence-electron chi connectivity index (χ1n) is 10.9. The van der Waals surface area contributed by atoms with Crippen LogP contribution in [0.25, 0.3) is 10.9 Å². The summed E-state index contributed by atoms with van der Waals surface area (Å²) in [5.74, 6) is 1.56. The molecule has 0 bridgehead atoms. The summed E-state index contributed by atoms with van der Waals surface area (Å²) in [5.41, 5.74) is 2.61. The van der Waals surface area contributed by atoms with Crippen LogP contribution >= 0.6 is 0 Å². The smallest absolute Gasteiger partial charge is 0.326 e. The number of H-pyrrole nitrogens is 1. The van der Waals surface area contributed by atoms with Crippen molar-refractivity contribution in [1.82, 2.24) is 29.6 Å². The number of ether oxygens (including phenoxy) is 1. The van der Waals surface area contributed by atoms with Crippen LogP contribution in [0.15, 0.2) is 30.3 Å². The Kier molecular flexibility index (Phi) is 5.37. The van der Waals surface area contributed by atoms with Crippen LogP contribution in [0, 0.1) is 19.7 Å². The number of halogens is 1.